The molecule has 1 atom stereocenters. The molecule has 1 fully saturated rings. The number of rotatable bonds is 8. The van der Waals surface area contributed by atoms with Crippen LogP contribution < -0.4 is 0 Å². The number of hydrogen-bond acceptors (Lipinski definition) is 5. The molecule has 1 aliphatic heterocycles. The van der Waals surface area contributed by atoms with Crippen molar-refractivity contribution in [2.45, 2.75) is 44.3 Å². The summed E-state index contributed by atoms with van der Waals surface area (Å²) in [6.45, 7) is 4.59. The topological polar surface area (TPSA) is 83.1 Å². The second-order valence-electron chi connectivity index (χ2n) is 7.21. The normalized spacial score (nSPS) is 18.3. The number of aromatic nitrogens is 2. The zero-order valence-electron chi connectivity index (χ0n) is 16.3. The Hall–Kier alpha value is -1.80. The van der Waals surface area contributed by atoms with E-state index >= 15 is 0 Å². The Morgan fingerprint density at radius 2 is 2.07 bits per heavy atom. The third-order valence-electron chi connectivity index (χ3n) is 4.94. The Bertz CT molecular complexity index is 910. The molecule has 0 saturated carbocycles. The van der Waals surface area contributed by atoms with Gasteiger partial charge in [-0.15, -0.1) is 0 Å². The van der Waals surface area contributed by atoms with E-state index in [4.69, 9.17) is 0 Å². The van der Waals surface area contributed by atoms with E-state index in [9.17, 15) is 13.2 Å². The number of carbonyl (C=O) groups excluding carboxylic acids is 1. The lowest BCUT2D eigenvalue weighted by atomic mass is 10.1. The minimum absolute atomic E-state index is 0.0207. The molecule has 8 heteroatoms. The number of benzene rings is 1. The van der Waals surface area contributed by atoms with Crippen molar-refractivity contribution in [3.8, 4) is 0 Å². The highest BCUT2D eigenvalue weighted by Crippen LogP contribution is 2.22. The zero-order chi connectivity index (χ0) is 20.1. The number of H-pyrrole nitrogens is 1. The standard InChI is InChI=1S/C20H27N3O3S2/c1-3-10-23(17-9-11-28(25,26)14-17)19(24)13-27-20-21-15(2)18(22-20)12-16-7-5-4-6-8-16/h4-8,17H,3,9-14H2,1-2H3,(H,21,22)/t17-/m1/s1. The molecule has 2 heterocycles. The molecule has 0 spiro atoms. The van der Waals surface area contributed by atoms with Crippen molar-refractivity contribution in [3.05, 3.63) is 47.3 Å². The molecule has 6 nitrogen and oxygen atoms in total. The highest BCUT2D eigenvalue weighted by molar-refractivity contribution is 7.99. The predicted octanol–water partition coefficient (Wildman–Crippen LogP) is 2.83. The maximum absolute atomic E-state index is 12.8. The molecule has 1 aromatic heterocycles. The molecule has 0 bridgehead atoms. The van der Waals surface area contributed by atoms with E-state index in [-0.39, 0.29) is 29.2 Å². The molecule has 1 amide bonds. The van der Waals surface area contributed by atoms with Crippen molar-refractivity contribution in [3.63, 3.8) is 0 Å². The van der Waals surface area contributed by atoms with Gasteiger partial charge in [-0.3, -0.25) is 4.79 Å². The van der Waals surface area contributed by atoms with Crippen LogP contribution in [0.1, 0.15) is 36.7 Å². The highest BCUT2D eigenvalue weighted by atomic mass is 32.2. The summed E-state index contributed by atoms with van der Waals surface area (Å²) in [7, 11) is -3.01. The predicted molar refractivity (Wildman–Crippen MR) is 112 cm³/mol. The molecular weight excluding hydrogens is 394 g/mol. The number of nitrogens with zero attached hydrogens (tertiary/aromatic N) is 2. The Kier molecular flexibility index (Phi) is 6.82. The van der Waals surface area contributed by atoms with Crippen LogP contribution in [0, 0.1) is 6.92 Å². The van der Waals surface area contributed by atoms with Crippen LogP contribution >= 0.6 is 11.8 Å². The van der Waals surface area contributed by atoms with E-state index in [1.807, 2.05) is 32.0 Å². The Balaban J connectivity index is 1.61. The average Bonchev–Trinajstić information content (AvgIpc) is 3.20. The average molecular weight is 422 g/mol. The monoisotopic (exact) mass is 421 g/mol. The van der Waals surface area contributed by atoms with Gasteiger partial charge in [0, 0.05) is 24.7 Å². The Morgan fingerprint density at radius 1 is 1.32 bits per heavy atom. The van der Waals surface area contributed by atoms with Crippen LogP contribution in [-0.4, -0.2) is 59.0 Å². The van der Waals surface area contributed by atoms with Gasteiger partial charge >= 0.3 is 0 Å². The third kappa shape index (κ3) is 5.38. The molecule has 0 unspecified atom stereocenters. The molecule has 1 aliphatic rings. The fourth-order valence-corrected chi connectivity index (χ4v) is 6.04. The van der Waals surface area contributed by atoms with Crippen molar-refractivity contribution < 1.29 is 13.2 Å². The summed E-state index contributed by atoms with van der Waals surface area (Å²) in [5, 5.41) is 0.729. The first-order chi connectivity index (χ1) is 13.4. The van der Waals surface area contributed by atoms with E-state index in [0.29, 0.717) is 13.0 Å². The number of imidazole rings is 1. The molecule has 1 N–H and O–H groups in total. The molecule has 152 valence electrons. The fourth-order valence-electron chi connectivity index (χ4n) is 3.48. The number of hydrogen-bond donors (Lipinski definition) is 1. The molecule has 1 saturated heterocycles. The number of aromatic amines is 1. The first-order valence-corrected chi connectivity index (χ1v) is 12.4. The van der Waals surface area contributed by atoms with Gasteiger partial charge in [0.1, 0.15) is 0 Å². The number of thioether (sulfide) groups is 1. The highest BCUT2D eigenvalue weighted by Gasteiger charge is 2.34. The largest absolute Gasteiger partial charge is 0.338 e. The van der Waals surface area contributed by atoms with Crippen molar-refractivity contribution in [2.75, 3.05) is 23.8 Å². The summed E-state index contributed by atoms with van der Waals surface area (Å²) in [5.74, 6) is 0.504. The maximum atomic E-state index is 12.8. The van der Waals surface area contributed by atoms with E-state index in [1.165, 1.54) is 17.3 Å². The first kappa shape index (κ1) is 20.9. The molecule has 2 aromatic rings. The number of carbonyl (C=O) groups is 1. The van der Waals surface area contributed by atoms with Gasteiger partial charge in [-0.1, -0.05) is 49.0 Å². The van der Waals surface area contributed by atoms with Crippen LogP contribution in [0.2, 0.25) is 0 Å². The molecule has 3 rings (SSSR count). The van der Waals surface area contributed by atoms with Gasteiger partial charge in [0.05, 0.1) is 23.0 Å². The lowest BCUT2D eigenvalue weighted by molar-refractivity contribution is -0.130. The quantitative estimate of drug-likeness (QED) is 0.663. The number of sulfone groups is 1. The van der Waals surface area contributed by atoms with Gasteiger partial charge in [0.2, 0.25) is 5.91 Å². The number of aryl methyl sites for hydroxylation is 1. The summed E-state index contributed by atoms with van der Waals surface area (Å²) < 4.78 is 23.6. The Morgan fingerprint density at radius 3 is 2.71 bits per heavy atom. The molecule has 0 aliphatic carbocycles. The van der Waals surface area contributed by atoms with Crippen molar-refractivity contribution in [2.24, 2.45) is 0 Å². The van der Waals surface area contributed by atoms with Crippen molar-refractivity contribution in [1.29, 1.82) is 0 Å². The van der Waals surface area contributed by atoms with Gasteiger partial charge in [-0.05, 0) is 25.3 Å². The molecule has 0 radical (unpaired) electrons. The van der Waals surface area contributed by atoms with Crippen LogP contribution in [0.5, 0.6) is 0 Å². The van der Waals surface area contributed by atoms with Crippen LogP contribution in [0.4, 0.5) is 0 Å². The fraction of sp³-hybridized carbons (Fsp3) is 0.500. The van der Waals surface area contributed by atoms with Gasteiger partial charge < -0.3 is 9.88 Å². The van der Waals surface area contributed by atoms with E-state index in [2.05, 4.69) is 22.1 Å². The number of nitrogens with one attached hydrogen (secondary N) is 1. The lowest BCUT2D eigenvalue weighted by Crippen LogP contribution is -2.42. The molecule has 1 aromatic carbocycles. The summed E-state index contributed by atoms with van der Waals surface area (Å²) in [6, 6.07) is 9.97. The van der Waals surface area contributed by atoms with Crippen molar-refractivity contribution >= 4 is 27.5 Å². The second kappa shape index (κ2) is 9.13. The number of amides is 1. The maximum Gasteiger partial charge on any atom is 0.233 e. The van der Waals surface area contributed by atoms with Crippen molar-refractivity contribution in [1.82, 2.24) is 14.9 Å². The second-order valence-corrected chi connectivity index (χ2v) is 10.4. The van der Waals surface area contributed by atoms with Gasteiger partial charge in [0.25, 0.3) is 0 Å². The van der Waals surface area contributed by atoms with Crippen LogP contribution in [0.25, 0.3) is 0 Å². The summed E-state index contributed by atoms with van der Waals surface area (Å²) in [5.41, 5.74) is 3.18. The Labute approximate surface area is 171 Å². The lowest BCUT2D eigenvalue weighted by Gasteiger charge is -2.27. The van der Waals surface area contributed by atoms with Gasteiger partial charge in [0.15, 0.2) is 15.0 Å². The minimum atomic E-state index is -3.01. The van der Waals surface area contributed by atoms with Crippen LogP contribution in [0.15, 0.2) is 35.5 Å². The summed E-state index contributed by atoms with van der Waals surface area (Å²) >= 11 is 1.38. The van der Waals surface area contributed by atoms with Crippen LogP contribution in [-0.2, 0) is 21.1 Å². The summed E-state index contributed by atoms with van der Waals surface area (Å²) in [4.78, 5) is 22.4. The minimum Gasteiger partial charge on any atom is -0.338 e. The van der Waals surface area contributed by atoms with E-state index in [0.717, 1.165) is 29.4 Å². The molecular formula is C20H27N3O3S2. The first-order valence-electron chi connectivity index (χ1n) is 9.60. The van der Waals surface area contributed by atoms with Gasteiger partial charge in [-0.25, -0.2) is 13.4 Å². The van der Waals surface area contributed by atoms with E-state index in [1.54, 1.807) is 4.90 Å². The molecule has 28 heavy (non-hydrogen) atoms. The zero-order valence-corrected chi connectivity index (χ0v) is 18.0. The van der Waals surface area contributed by atoms with E-state index < -0.39 is 9.84 Å². The van der Waals surface area contributed by atoms with Crippen LogP contribution in [0.3, 0.4) is 0 Å². The SMILES string of the molecule is CCCN(C(=O)CSc1nc(Cc2ccccc2)c(C)[nH]1)[C@@H]1CCS(=O)(=O)C1. The smallest absolute Gasteiger partial charge is 0.233 e. The third-order valence-corrected chi connectivity index (χ3v) is 7.55. The summed E-state index contributed by atoms with van der Waals surface area (Å²) in [6.07, 6.45) is 2.10. The van der Waals surface area contributed by atoms with Gasteiger partial charge in [-0.2, -0.15) is 0 Å².